The minimum absolute atomic E-state index is 0.0495. The van der Waals surface area contributed by atoms with Crippen LogP contribution < -0.4 is 10.6 Å². The van der Waals surface area contributed by atoms with Gasteiger partial charge in [0.1, 0.15) is 5.82 Å². The molecule has 0 unspecified atom stereocenters. The summed E-state index contributed by atoms with van der Waals surface area (Å²) in [5, 5.41) is 12.8. The number of halogens is 1. The Morgan fingerprint density at radius 3 is 2.77 bits per heavy atom. The number of carbonyl (C=O) groups is 1. The zero-order valence-corrected chi connectivity index (χ0v) is 18.6. The first-order chi connectivity index (χ1) is 14.6. The van der Waals surface area contributed by atoms with Gasteiger partial charge in [-0.05, 0) is 30.9 Å². The molecule has 0 aliphatic carbocycles. The van der Waals surface area contributed by atoms with Crippen molar-refractivity contribution >= 4 is 46.1 Å². The Morgan fingerprint density at radius 1 is 1.23 bits per heavy atom. The van der Waals surface area contributed by atoms with Gasteiger partial charge < -0.3 is 15.4 Å². The van der Waals surface area contributed by atoms with Crippen LogP contribution in [0.2, 0.25) is 5.02 Å². The van der Waals surface area contributed by atoms with Gasteiger partial charge >= 0.3 is 0 Å². The molecule has 2 heterocycles. The van der Waals surface area contributed by atoms with Gasteiger partial charge in [0.05, 0.1) is 31.2 Å². The number of benzene rings is 1. The average molecular weight is 449 g/mol. The van der Waals surface area contributed by atoms with Crippen LogP contribution in [0.1, 0.15) is 12.5 Å². The molecule has 0 fully saturated rings. The number of rotatable bonds is 11. The maximum Gasteiger partial charge on any atom is 0.224 e. The molecule has 2 aromatic heterocycles. The van der Waals surface area contributed by atoms with Gasteiger partial charge in [-0.3, -0.25) is 4.79 Å². The predicted molar refractivity (Wildman–Crippen MR) is 120 cm³/mol. The Balaban J connectivity index is 1.61. The molecule has 0 bridgehead atoms. The first-order valence-corrected chi connectivity index (χ1v) is 11.3. The summed E-state index contributed by atoms with van der Waals surface area (Å²) in [5.41, 5.74) is 1.65. The second-order valence-corrected chi connectivity index (χ2v) is 7.65. The Labute approximate surface area is 184 Å². The van der Waals surface area contributed by atoms with E-state index in [2.05, 4.69) is 25.7 Å². The lowest BCUT2D eigenvalue weighted by Gasteiger charge is -2.09. The maximum atomic E-state index is 12.2. The summed E-state index contributed by atoms with van der Waals surface area (Å²) in [4.78, 5) is 21.3. The number of nitrogens with zero attached hydrogens (tertiary/aromatic N) is 4. The lowest BCUT2D eigenvalue weighted by molar-refractivity contribution is -0.120. The van der Waals surface area contributed by atoms with Gasteiger partial charge in [-0.2, -0.15) is 5.10 Å². The van der Waals surface area contributed by atoms with E-state index in [0.29, 0.717) is 49.4 Å². The van der Waals surface area contributed by atoms with Crippen molar-refractivity contribution in [2.24, 2.45) is 0 Å². The monoisotopic (exact) mass is 448 g/mol. The van der Waals surface area contributed by atoms with Crippen molar-refractivity contribution in [3.63, 3.8) is 0 Å². The molecule has 2 N–H and O–H groups in total. The summed E-state index contributed by atoms with van der Waals surface area (Å²) in [6, 6.07) is 7.26. The van der Waals surface area contributed by atoms with E-state index < -0.39 is 0 Å². The zero-order chi connectivity index (χ0) is 21.3. The number of ether oxygens (including phenoxy) is 1. The minimum Gasteiger partial charge on any atom is -0.380 e. The van der Waals surface area contributed by atoms with Crippen molar-refractivity contribution < 1.29 is 9.53 Å². The molecule has 8 nitrogen and oxygen atoms in total. The summed E-state index contributed by atoms with van der Waals surface area (Å²) in [6.45, 7) is 4.86. The number of anilines is 1. The number of thioether (sulfide) groups is 1. The van der Waals surface area contributed by atoms with Gasteiger partial charge in [-0.1, -0.05) is 35.5 Å². The molecule has 160 valence electrons. The molecule has 3 aromatic rings. The molecule has 3 rings (SSSR count). The third kappa shape index (κ3) is 6.07. The molecule has 10 heteroatoms. The van der Waals surface area contributed by atoms with Crippen LogP contribution in [0.5, 0.6) is 0 Å². The molecule has 0 spiro atoms. The van der Waals surface area contributed by atoms with Crippen LogP contribution in [0.15, 0.2) is 35.6 Å². The summed E-state index contributed by atoms with van der Waals surface area (Å²) >= 11 is 7.35. The second-order valence-electron chi connectivity index (χ2n) is 6.44. The molecule has 30 heavy (non-hydrogen) atoms. The molecule has 1 aromatic carbocycles. The largest absolute Gasteiger partial charge is 0.380 e. The van der Waals surface area contributed by atoms with Crippen molar-refractivity contribution in [3.05, 3.63) is 41.0 Å². The van der Waals surface area contributed by atoms with E-state index in [1.807, 2.05) is 25.3 Å². The number of amides is 1. The predicted octanol–water partition coefficient (Wildman–Crippen LogP) is 3.01. The van der Waals surface area contributed by atoms with E-state index in [-0.39, 0.29) is 5.91 Å². The van der Waals surface area contributed by atoms with Gasteiger partial charge in [0.15, 0.2) is 10.8 Å². The number of hydrogen-bond donors (Lipinski definition) is 2. The van der Waals surface area contributed by atoms with E-state index in [1.54, 1.807) is 23.0 Å². The third-order valence-electron chi connectivity index (χ3n) is 4.32. The highest BCUT2D eigenvalue weighted by molar-refractivity contribution is 7.98. The van der Waals surface area contributed by atoms with Crippen molar-refractivity contribution in [1.29, 1.82) is 0 Å². The highest BCUT2D eigenvalue weighted by atomic mass is 35.5. The smallest absolute Gasteiger partial charge is 0.224 e. The van der Waals surface area contributed by atoms with Crippen LogP contribution >= 0.6 is 23.4 Å². The minimum atomic E-state index is -0.0495. The van der Waals surface area contributed by atoms with E-state index in [4.69, 9.17) is 16.3 Å². The van der Waals surface area contributed by atoms with Gasteiger partial charge in [0.2, 0.25) is 5.91 Å². The average Bonchev–Trinajstić information content (AvgIpc) is 3.16. The summed E-state index contributed by atoms with van der Waals surface area (Å²) in [6.07, 6.45) is 3.99. The standard InChI is InChI=1S/C20H25ClN6O2S/c1-3-29-11-9-23-18-16-13-24-27(19(16)26-20(25-18)30-2)10-8-22-17(28)12-14-4-6-15(21)7-5-14/h4-7,13H,3,8-12H2,1-2H3,(H,22,28)(H,23,25,26). The summed E-state index contributed by atoms with van der Waals surface area (Å²) in [5.74, 6) is 0.688. The first-order valence-electron chi connectivity index (χ1n) is 9.71. The van der Waals surface area contributed by atoms with Crippen LogP contribution in [-0.4, -0.2) is 58.2 Å². The van der Waals surface area contributed by atoms with Crippen LogP contribution in [0.3, 0.4) is 0 Å². The molecule has 0 aliphatic rings. The Kier molecular flexibility index (Phi) is 8.30. The Morgan fingerprint density at radius 2 is 2.03 bits per heavy atom. The molecule has 0 aliphatic heterocycles. The number of nitrogens with one attached hydrogen (secondary N) is 2. The van der Waals surface area contributed by atoms with E-state index >= 15 is 0 Å². The highest BCUT2D eigenvalue weighted by Gasteiger charge is 2.13. The lowest BCUT2D eigenvalue weighted by Crippen LogP contribution is -2.28. The van der Waals surface area contributed by atoms with Crippen molar-refractivity contribution in [1.82, 2.24) is 25.1 Å². The van der Waals surface area contributed by atoms with Gasteiger partial charge in [0, 0.05) is 24.7 Å². The fourth-order valence-corrected chi connectivity index (χ4v) is 3.35. The fraction of sp³-hybridized carbons (Fsp3) is 0.400. The molecule has 0 atom stereocenters. The number of hydrogen-bond acceptors (Lipinski definition) is 7. The molecule has 0 radical (unpaired) electrons. The fourth-order valence-electron chi connectivity index (χ4n) is 2.86. The number of carbonyl (C=O) groups excluding carboxylic acids is 1. The Bertz CT molecular complexity index is 979. The first kappa shape index (κ1) is 22.3. The van der Waals surface area contributed by atoms with Crippen molar-refractivity contribution in [2.75, 3.05) is 37.9 Å². The SMILES string of the molecule is CCOCCNc1nc(SC)nc2c1cnn2CCNC(=O)Cc1ccc(Cl)cc1. The van der Waals surface area contributed by atoms with E-state index in [9.17, 15) is 4.79 Å². The second kappa shape index (κ2) is 11.1. The van der Waals surface area contributed by atoms with E-state index in [0.717, 1.165) is 22.4 Å². The highest BCUT2D eigenvalue weighted by Crippen LogP contribution is 2.23. The normalized spacial score (nSPS) is 11.0. The number of aromatic nitrogens is 4. The van der Waals surface area contributed by atoms with E-state index in [1.165, 1.54) is 11.8 Å². The topological polar surface area (TPSA) is 94.0 Å². The van der Waals surface area contributed by atoms with Gasteiger partial charge in [-0.25, -0.2) is 14.6 Å². The zero-order valence-electron chi connectivity index (χ0n) is 17.0. The van der Waals surface area contributed by atoms with Crippen LogP contribution in [0.4, 0.5) is 5.82 Å². The molecular weight excluding hydrogens is 424 g/mol. The summed E-state index contributed by atoms with van der Waals surface area (Å²) < 4.78 is 7.16. The number of fused-ring (bicyclic) bond motifs is 1. The third-order valence-corrected chi connectivity index (χ3v) is 5.12. The van der Waals surface area contributed by atoms with Crippen molar-refractivity contribution in [2.45, 2.75) is 25.0 Å². The van der Waals surface area contributed by atoms with Gasteiger partial charge in [0.25, 0.3) is 0 Å². The van der Waals surface area contributed by atoms with Crippen molar-refractivity contribution in [3.8, 4) is 0 Å². The Hall–Kier alpha value is -2.36. The van der Waals surface area contributed by atoms with Crippen LogP contribution in [0.25, 0.3) is 11.0 Å². The van der Waals surface area contributed by atoms with Gasteiger partial charge in [-0.15, -0.1) is 0 Å². The van der Waals surface area contributed by atoms with Crippen LogP contribution in [-0.2, 0) is 22.5 Å². The summed E-state index contributed by atoms with van der Waals surface area (Å²) in [7, 11) is 0. The quantitative estimate of drug-likeness (QED) is 0.264. The molecule has 0 saturated heterocycles. The lowest BCUT2D eigenvalue weighted by atomic mass is 10.1. The van der Waals surface area contributed by atoms with Crippen LogP contribution in [0, 0.1) is 0 Å². The molecular formula is C20H25ClN6O2S. The molecule has 0 saturated carbocycles. The molecule has 1 amide bonds. The maximum absolute atomic E-state index is 12.2.